The second kappa shape index (κ2) is 7.83. The number of rotatable bonds is 7. The Bertz CT molecular complexity index is 560. The average Bonchev–Trinajstić information content (AvgIpc) is 3.01. The van der Waals surface area contributed by atoms with Crippen LogP contribution in [-0.4, -0.2) is 17.4 Å². The third-order valence-corrected chi connectivity index (χ3v) is 4.08. The standard InChI is InChI=1S/C19H25NO2/c1-15(2)18(19-10-7-13-22-19)11-12-20(16(3)21)14-17-8-5-4-6-9-17/h4-10,13,15,18H,11-12,14H2,1-3H3/t18-/m0/s1. The summed E-state index contributed by atoms with van der Waals surface area (Å²) in [6.07, 6.45) is 2.63. The SMILES string of the molecule is CC(=O)N(CC[C@H](c1ccco1)C(C)C)Cc1ccccc1. The Morgan fingerprint density at radius 1 is 1.14 bits per heavy atom. The lowest BCUT2D eigenvalue weighted by molar-refractivity contribution is -0.129. The lowest BCUT2D eigenvalue weighted by atomic mass is 9.90. The third-order valence-electron chi connectivity index (χ3n) is 4.08. The molecule has 0 N–H and O–H groups in total. The smallest absolute Gasteiger partial charge is 0.219 e. The molecule has 3 heteroatoms. The van der Waals surface area contributed by atoms with E-state index in [-0.39, 0.29) is 5.91 Å². The van der Waals surface area contributed by atoms with Gasteiger partial charge in [-0.15, -0.1) is 0 Å². The lowest BCUT2D eigenvalue weighted by Crippen LogP contribution is -2.30. The van der Waals surface area contributed by atoms with Gasteiger partial charge in [-0.2, -0.15) is 0 Å². The molecule has 2 aromatic rings. The van der Waals surface area contributed by atoms with Crippen LogP contribution in [0.3, 0.4) is 0 Å². The van der Waals surface area contributed by atoms with Crippen molar-refractivity contribution in [2.24, 2.45) is 5.92 Å². The van der Waals surface area contributed by atoms with E-state index < -0.39 is 0 Å². The highest BCUT2D eigenvalue weighted by Crippen LogP contribution is 2.28. The quantitative estimate of drug-likeness (QED) is 0.756. The predicted octanol–water partition coefficient (Wildman–Crippen LogP) is 4.46. The molecule has 0 spiro atoms. The zero-order chi connectivity index (χ0) is 15.9. The number of carbonyl (C=O) groups excluding carboxylic acids is 1. The number of nitrogens with zero attached hydrogens (tertiary/aromatic N) is 1. The highest BCUT2D eigenvalue weighted by atomic mass is 16.3. The summed E-state index contributed by atoms with van der Waals surface area (Å²) in [7, 11) is 0. The monoisotopic (exact) mass is 299 g/mol. The van der Waals surface area contributed by atoms with Crippen LogP contribution in [0, 0.1) is 5.92 Å². The Kier molecular flexibility index (Phi) is 5.82. The van der Waals surface area contributed by atoms with E-state index in [1.807, 2.05) is 35.2 Å². The molecule has 0 aliphatic heterocycles. The van der Waals surface area contributed by atoms with Crippen molar-refractivity contribution in [2.45, 2.75) is 39.7 Å². The maximum Gasteiger partial charge on any atom is 0.219 e. The second-order valence-electron chi connectivity index (χ2n) is 6.08. The summed E-state index contributed by atoms with van der Waals surface area (Å²) in [4.78, 5) is 13.8. The fraction of sp³-hybridized carbons (Fsp3) is 0.421. The molecule has 22 heavy (non-hydrogen) atoms. The number of benzene rings is 1. The molecular formula is C19H25NO2. The lowest BCUT2D eigenvalue weighted by Gasteiger charge is -2.25. The van der Waals surface area contributed by atoms with E-state index in [9.17, 15) is 4.79 Å². The van der Waals surface area contributed by atoms with Crippen molar-refractivity contribution in [1.29, 1.82) is 0 Å². The van der Waals surface area contributed by atoms with E-state index in [4.69, 9.17) is 4.42 Å². The van der Waals surface area contributed by atoms with Gasteiger partial charge >= 0.3 is 0 Å². The van der Waals surface area contributed by atoms with Crippen molar-refractivity contribution in [1.82, 2.24) is 4.90 Å². The van der Waals surface area contributed by atoms with Crippen molar-refractivity contribution < 1.29 is 9.21 Å². The molecule has 0 unspecified atom stereocenters. The average molecular weight is 299 g/mol. The number of hydrogen-bond donors (Lipinski definition) is 0. The maximum atomic E-state index is 11.9. The molecule has 0 aliphatic rings. The summed E-state index contributed by atoms with van der Waals surface area (Å²) >= 11 is 0. The fourth-order valence-electron chi connectivity index (χ4n) is 2.75. The molecule has 0 radical (unpaired) electrons. The maximum absolute atomic E-state index is 11.9. The van der Waals surface area contributed by atoms with E-state index in [1.165, 1.54) is 0 Å². The Morgan fingerprint density at radius 2 is 1.86 bits per heavy atom. The summed E-state index contributed by atoms with van der Waals surface area (Å²) in [5.41, 5.74) is 1.16. The van der Waals surface area contributed by atoms with Crippen molar-refractivity contribution in [3.8, 4) is 0 Å². The first-order valence-corrected chi connectivity index (χ1v) is 7.90. The van der Waals surface area contributed by atoms with E-state index in [0.29, 0.717) is 18.4 Å². The zero-order valence-corrected chi connectivity index (χ0v) is 13.7. The van der Waals surface area contributed by atoms with Crippen molar-refractivity contribution in [3.05, 3.63) is 60.1 Å². The molecule has 0 fully saturated rings. The minimum Gasteiger partial charge on any atom is -0.469 e. The van der Waals surface area contributed by atoms with Crippen molar-refractivity contribution in [3.63, 3.8) is 0 Å². The van der Waals surface area contributed by atoms with Gasteiger partial charge in [-0.3, -0.25) is 4.79 Å². The molecule has 3 nitrogen and oxygen atoms in total. The number of furan rings is 1. The van der Waals surface area contributed by atoms with Gasteiger partial charge in [0, 0.05) is 25.9 Å². The molecule has 1 aromatic carbocycles. The number of amides is 1. The molecule has 0 saturated heterocycles. The molecule has 1 aromatic heterocycles. The summed E-state index contributed by atoms with van der Waals surface area (Å²) < 4.78 is 5.56. The minimum atomic E-state index is 0.116. The molecule has 0 aliphatic carbocycles. The van der Waals surface area contributed by atoms with Crippen LogP contribution >= 0.6 is 0 Å². The van der Waals surface area contributed by atoms with Gasteiger partial charge in [0.1, 0.15) is 5.76 Å². The summed E-state index contributed by atoms with van der Waals surface area (Å²) in [6.45, 7) is 7.44. The van der Waals surface area contributed by atoms with Crippen LogP contribution in [0.4, 0.5) is 0 Å². The van der Waals surface area contributed by atoms with Crippen LogP contribution in [0.1, 0.15) is 44.4 Å². The van der Waals surface area contributed by atoms with Gasteiger partial charge in [0.25, 0.3) is 0 Å². The summed E-state index contributed by atoms with van der Waals surface area (Å²) in [5, 5.41) is 0. The van der Waals surface area contributed by atoms with Gasteiger partial charge in [-0.25, -0.2) is 0 Å². The molecule has 118 valence electrons. The topological polar surface area (TPSA) is 33.5 Å². The molecule has 1 amide bonds. The van der Waals surface area contributed by atoms with E-state index >= 15 is 0 Å². The van der Waals surface area contributed by atoms with Crippen LogP contribution in [0.5, 0.6) is 0 Å². The molecule has 1 atom stereocenters. The zero-order valence-electron chi connectivity index (χ0n) is 13.7. The van der Waals surface area contributed by atoms with Gasteiger partial charge in [-0.1, -0.05) is 44.2 Å². The first-order valence-electron chi connectivity index (χ1n) is 7.90. The van der Waals surface area contributed by atoms with Crippen LogP contribution < -0.4 is 0 Å². The van der Waals surface area contributed by atoms with E-state index in [0.717, 1.165) is 24.3 Å². The number of hydrogen-bond acceptors (Lipinski definition) is 2. The molecule has 0 saturated carbocycles. The van der Waals surface area contributed by atoms with Crippen LogP contribution in [0.2, 0.25) is 0 Å². The van der Waals surface area contributed by atoms with Gasteiger partial charge in [0.05, 0.1) is 6.26 Å². The van der Waals surface area contributed by atoms with Crippen LogP contribution in [-0.2, 0) is 11.3 Å². The van der Waals surface area contributed by atoms with E-state index in [2.05, 4.69) is 26.0 Å². The largest absolute Gasteiger partial charge is 0.469 e. The summed E-state index contributed by atoms with van der Waals surface area (Å²) in [5.74, 6) is 1.95. The van der Waals surface area contributed by atoms with Crippen molar-refractivity contribution >= 4 is 5.91 Å². The fourth-order valence-corrected chi connectivity index (χ4v) is 2.75. The first kappa shape index (κ1) is 16.3. The Hall–Kier alpha value is -2.03. The normalized spacial score (nSPS) is 12.4. The first-order chi connectivity index (χ1) is 10.6. The Labute approximate surface area is 132 Å². The highest BCUT2D eigenvalue weighted by Gasteiger charge is 2.20. The van der Waals surface area contributed by atoms with Crippen LogP contribution in [0.25, 0.3) is 0 Å². The Morgan fingerprint density at radius 3 is 2.41 bits per heavy atom. The van der Waals surface area contributed by atoms with Crippen LogP contribution in [0.15, 0.2) is 53.1 Å². The number of carbonyl (C=O) groups is 1. The molecule has 1 heterocycles. The molecular weight excluding hydrogens is 274 g/mol. The van der Waals surface area contributed by atoms with Gasteiger partial charge in [-0.05, 0) is 30.0 Å². The molecule has 2 rings (SSSR count). The summed E-state index contributed by atoms with van der Waals surface area (Å²) in [6, 6.07) is 14.1. The van der Waals surface area contributed by atoms with Gasteiger partial charge < -0.3 is 9.32 Å². The van der Waals surface area contributed by atoms with Crippen molar-refractivity contribution in [2.75, 3.05) is 6.54 Å². The minimum absolute atomic E-state index is 0.116. The second-order valence-corrected chi connectivity index (χ2v) is 6.08. The molecule has 0 bridgehead atoms. The van der Waals surface area contributed by atoms with E-state index in [1.54, 1.807) is 13.2 Å². The highest BCUT2D eigenvalue weighted by molar-refractivity contribution is 5.73. The predicted molar refractivity (Wildman–Crippen MR) is 88.4 cm³/mol. The van der Waals surface area contributed by atoms with Gasteiger partial charge in [0.2, 0.25) is 5.91 Å². The van der Waals surface area contributed by atoms with Gasteiger partial charge in [0.15, 0.2) is 0 Å². The third kappa shape index (κ3) is 4.48. The Balaban J connectivity index is 2.00.